The van der Waals surface area contributed by atoms with Gasteiger partial charge in [-0.15, -0.1) is 0 Å². The van der Waals surface area contributed by atoms with Gasteiger partial charge in [-0.25, -0.2) is 0 Å². The zero-order valence-corrected chi connectivity index (χ0v) is 17.7. The van der Waals surface area contributed by atoms with Crippen LogP contribution in [0.5, 0.6) is 0 Å². The lowest BCUT2D eigenvalue weighted by atomic mass is 9.85. The van der Waals surface area contributed by atoms with Gasteiger partial charge >= 0.3 is 0 Å². The molecular formula is C26H24N2O4. The second-order valence-electron chi connectivity index (χ2n) is 8.87. The van der Waals surface area contributed by atoms with Crippen LogP contribution in [0.1, 0.15) is 29.3 Å². The number of anilines is 1. The number of nitrogens with one attached hydrogen (secondary N) is 1. The van der Waals surface area contributed by atoms with Crippen molar-refractivity contribution >= 4 is 29.2 Å². The van der Waals surface area contributed by atoms with Crippen molar-refractivity contribution in [1.82, 2.24) is 4.90 Å². The molecule has 1 N–H and O–H groups in total. The lowest BCUT2D eigenvalue weighted by Gasteiger charge is -2.27. The molecule has 0 aromatic heterocycles. The fourth-order valence-electron chi connectivity index (χ4n) is 5.38. The maximum Gasteiger partial charge on any atom is 0.248 e. The molecule has 32 heavy (non-hydrogen) atoms. The van der Waals surface area contributed by atoms with Crippen LogP contribution in [0.3, 0.4) is 0 Å². The van der Waals surface area contributed by atoms with Gasteiger partial charge in [-0.1, -0.05) is 42.5 Å². The number of carbonyl (C=O) groups is 4. The van der Waals surface area contributed by atoms with E-state index < -0.39 is 11.9 Å². The largest absolute Gasteiger partial charge is 0.324 e. The monoisotopic (exact) mass is 428 g/mol. The SMILES string of the molecule is CC(=O)c1ccc(NC(=O)[C@@H](Cc2ccccc2)N2C(=O)[C@@H]3[C@@H](C2=O)[C@H]2C=C[C@H]3C2)cc1. The van der Waals surface area contributed by atoms with E-state index in [2.05, 4.69) is 5.32 Å². The summed E-state index contributed by atoms with van der Waals surface area (Å²) in [7, 11) is 0. The Morgan fingerprint density at radius 1 is 0.938 bits per heavy atom. The van der Waals surface area contributed by atoms with Crippen LogP contribution in [0.25, 0.3) is 0 Å². The van der Waals surface area contributed by atoms with Crippen molar-refractivity contribution in [1.29, 1.82) is 0 Å². The molecule has 1 aliphatic heterocycles. The van der Waals surface area contributed by atoms with E-state index >= 15 is 0 Å². The number of benzene rings is 2. The number of hydrogen-bond acceptors (Lipinski definition) is 4. The zero-order valence-electron chi connectivity index (χ0n) is 17.7. The third-order valence-corrected chi connectivity index (χ3v) is 6.95. The van der Waals surface area contributed by atoms with Crippen molar-refractivity contribution in [2.24, 2.45) is 23.7 Å². The van der Waals surface area contributed by atoms with Crippen LogP contribution in [0.15, 0.2) is 66.7 Å². The van der Waals surface area contributed by atoms with Crippen molar-refractivity contribution in [3.63, 3.8) is 0 Å². The van der Waals surface area contributed by atoms with Gasteiger partial charge in [0.05, 0.1) is 11.8 Å². The Morgan fingerprint density at radius 2 is 1.53 bits per heavy atom. The summed E-state index contributed by atoms with van der Waals surface area (Å²) in [6, 6.07) is 15.1. The number of likely N-dealkylation sites (tertiary alicyclic amines) is 1. The first-order valence-electron chi connectivity index (χ1n) is 10.9. The number of nitrogens with zero attached hydrogens (tertiary/aromatic N) is 1. The van der Waals surface area contributed by atoms with Gasteiger partial charge in [-0.3, -0.25) is 24.1 Å². The van der Waals surface area contributed by atoms with Crippen molar-refractivity contribution in [2.45, 2.75) is 25.8 Å². The third-order valence-electron chi connectivity index (χ3n) is 6.95. The quantitative estimate of drug-likeness (QED) is 0.435. The molecule has 0 spiro atoms. The number of allylic oxidation sites excluding steroid dienone is 2. The van der Waals surface area contributed by atoms with Crippen LogP contribution in [0.4, 0.5) is 5.69 Å². The molecule has 1 saturated carbocycles. The molecule has 2 aromatic rings. The summed E-state index contributed by atoms with van der Waals surface area (Å²) in [4.78, 5) is 52.8. The highest BCUT2D eigenvalue weighted by molar-refractivity contribution is 6.11. The average molecular weight is 428 g/mol. The molecule has 2 aromatic carbocycles. The Bertz CT molecular complexity index is 1090. The first kappa shape index (κ1) is 20.4. The molecule has 162 valence electrons. The lowest BCUT2D eigenvalue weighted by Crippen LogP contribution is -2.49. The minimum Gasteiger partial charge on any atom is -0.324 e. The number of fused-ring (bicyclic) bond motifs is 5. The van der Waals surface area contributed by atoms with Gasteiger partial charge in [0.2, 0.25) is 17.7 Å². The summed E-state index contributed by atoms with van der Waals surface area (Å²) in [6.45, 7) is 1.48. The van der Waals surface area contributed by atoms with E-state index in [1.165, 1.54) is 11.8 Å². The highest BCUT2D eigenvalue weighted by Gasteiger charge is 2.61. The fraction of sp³-hybridized carbons (Fsp3) is 0.308. The molecule has 2 aliphatic carbocycles. The Morgan fingerprint density at radius 3 is 2.09 bits per heavy atom. The summed E-state index contributed by atoms with van der Waals surface area (Å²) < 4.78 is 0. The van der Waals surface area contributed by atoms with Gasteiger partial charge in [-0.05, 0) is 55.0 Å². The summed E-state index contributed by atoms with van der Waals surface area (Å²) in [6.07, 6.45) is 5.18. The topological polar surface area (TPSA) is 83.6 Å². The normalized spacial score (nSPS) is 26.3. The standard InChI is InChI=1S/C26H24N2O4/c1-15(29)17-9-11-20(12-10-17)27-24(30)21(13-16-5-3-2-4-6-16)28-25(31)22-18-7-8-19(14-18)23(22)26(28)32/h2-12,18-19,21-23H,13-14H2,1H3,(H,27,30)/t18-,19-,21+,22-,23-/m0/s1. The smallest absolute Gasteiger partial charge is 0.248 e. The fourth-order valence-corrected chi connectivity index (χ4v) is 5.38. The van der Waals surface area contributed by atoms with Crippen LogP contribution < -0.4 is 5.32 Å². The molecule has 5 rings (SSSR count). The number of ketones is 1. The summed E-state index contributed by atoms with van der Waals surface area (Å²) in [5, 5.41) is 2.84. The Kier molecular flexibility index (Phi) is 5.00. The molecule has 6 nitrogen and oxygen atoms in total. The average Bonchev–Trinajstić information content (AvgIpc) is 3.47. The minimum atomic E-state index is -0.935. The summed E-state index contributed by atoms with van der Waals surface area (Å²) in [5.41, 5.74) is 1.93. The number of hydrogen-bond donors (Lipinski definition) is 1. The molecule has 2 bridgehead atoms. The molecule has 3 amide bonds. The first-order chi connectivity index (χ1) is 15.4. The second kappa shape index (κ2) is 7.86. The van der Waals surface area contributed by atoms with Crippen molar-refractivity contribution < 1.29 is 19.2 Å². The molecule has 5 atom stereocenters. The highest BCUT2D eigenvalue weighted by Crippen LogP contribution is 2.53. The van der Waals surface area contributed by atoms with Gasteiger partial charge in [0.15, 0.2) is 5.78 Å². The predicted octanol–water partition coefficient (Wildman–Crippen LogP) is 3.25. The van der Waals surface area contributed by atoms with E-state index in [0.29, 0.717) is 11.3 Å². The van der Waals surface area contributed by atoms with Gasteiger partial charge < -0.3 is 5.32 Å². The molecule has 1 saturated heterocycles. The minimum absolute atomic E-state index is 0.0622. The van der Waals surface area contributed by atoms with E-state index in [-0.39, 0.29) is 47.7 Å². The molecule has 3 aliphatic rings. The molecule has 2 fully saturated rings. The van der Waals surface area contributed by atoms with Crippen LogP contribution in [0.2, 0.25) is 0 Å². The van der Waals surface area contributed by atoms with Crippen LogP contribution in [0, 0.1) is 23.7 Å². The van der Waals surface area contributed by atoms with E-state index in [9.17, 15) is 19.2 Å². The maximum atomic E-state index is 13.4. The molecule has 0 radical (unpaired) electrons. The lowest BCUT2D eigenvalue weighted by molar-refractivity contribution is -0.147. The number of rotatable bonds is 6. The Balaban J connectivity index is 1.43. The number of carbonyl (C=O) groups excluding carboxylic acids is 4. The van der Waals surface area contributed by atoms with Gasteiger partial charge in [0, 0.05) is 17.7 Å². The zero-order chi connectivity index (χ0) is 22.4. The number of imide groups is 1. The first-order valence-corrected chi connectivity index (χ1v) is 10.9. The highest BCUT2D eigenvalue weighted by atomic mass is 16.2. The van der Waals surface area contributed by atoms with Gasteiger partial charge in [-0.2, -0.15) is 0 Å². The predicted molar refractivity (Wildman–Crippen MR) is 119 cm³/mol. The molecule has 0 unspecified atom stereocenters. The van der Waals surface area contributed by atoms with E-state index in [1.54, 1.807) is 24.3 Å². The third kappa shape index (κ3) is 3.36. The van der Waals surface area contributed by atoms with Crippen LogP contribution >= 0.6 is 0 Å². The van der Waals surface area contributed by atoms with Crippen molar-refractivity contribution in [2.75, 3.05) is 5.32 Å². The number of amides is 3. The second-order valence-corrected chi connectivity index (χ2v) is 8.87. The van der Waals surface area contributed by atoms with Gasteiger partial charge in [0.25, 0.3) is 0 Å². The Labute approximate surface area is 186 Å². The molecular weight excluding hydrogens is 404 g/mol. The molecule has 6 heteroatoms. The van der Waals surface area contributed by atoms with E-state index in [0.717, 1.165) is 12.0 Å². The van der Waals surface area contributed by atoms with Crippen molar-refractivity contribution in [3.8, 4) is 0 Å². The maximum absolute atomic E-state index is 13.4. The molecule has 1 heterocycles. The summed E-state index contributed by atoms with van der Waals surface area (Å²) in [5.74, 6) is -1.46. The van der Waals surface area contributed by atoms with E-state index in [4.69, 9.17) is 0 Å². The van der Waals surface area contributed by atoms with E-state index in [1.807, 2.05) is 42.5 Å². The number of Topliss-reactive ketones (excluding diaryl/α,β-unsaturated/α-hetero) is 1. The Hall–Kier alpha value is -3.54. The van der Waals surface area contributed by atoms with Crippen LogP contribution in [-0.4, -0.2) is 34.4 Å². The van der Waals surface area contributed by atoms with Crippen LogP contribution in [-0.2, 0) is 20.8 Å². The summed E-state index contributed by atoms with van der Waals surface area (Å²) >= 11 is 0. The van der Waals surface area contributed by atoms with Crippen molar-refractivity contribution in [3.05, 3.63) is 77.9 Å². The van der Waals surface area contributed by atoms with Gasteiger partial charge in [0.1, 0.15) is 6.04 Å².